The molecule has 0 atom stereocenters. The summed E-state index contributed by atoms with van der Waals surface area (Å²) in [5.74, 6) is -0.668. The van der Waals surface area contributed by atoms with Crippen molar-refractivity contribution in [2.24, 2.45) is 5.10 Å². The van der Waals surface area contributed by atoms with Gasteiger partial charge in [-0.15, -0.1) is 0 Å². The molecule has 0 saturated heterocycles. The zero-order chi connectivity index (χ0) is 20.8. The second-order valence-corrected chi connectivity index (χ2v) is 5.65. The molecule has 0 heterocycles. The average Bonchev–Trinajstić information content (AvgIpc) is 2.68. The lowest BCUT2D eigenvalue weighted by molar-refractivity contribution is -0.398. The van der Waals surface area contributed by atoms with E-state index in [2.05, 4.69) is 10.5 Å². The molecule has 2 rings (SSSR count). The Kier molecular flexibility index (Phi) is 6.61. The number of methoxy groups -OCH3 is 3. The van der Waals surface area contributed by atoms with E-state index < -0.39 is 22.3 Å². The van der Waals surface area contributed by atoms with Crippen LogP contribution in [0.1, 0.15) is 15.9 Å². The van der Waals surface area contributed by atoms with Crippen molar-refractivity contribution in [3.8, 4) is 23.0 Å². The highest BCUT2D eigenvalue weighted by atomic mass is 35.5. The summed E-state index contributed by atoms with van der Waals surface area (Å²) in [7, 11) is 4.23. The number of carbonyl (C=O) groups is 1. The average molecular weight is 409 g/mol. The van der Waals surface area contributed by atoms with E-state index in [1.807, 2.05) is 0 Å². The van der Waals surface area contributed by atoms with Gasteiger partial charge in [-0.1, -0.05) is 11.6 Å². The summed E-state index contributed by atoms with van der Waals surface area (Å²) in [6.07, 6.45) is 0.969. The summed E-state index contributed by atoms with van der Waals surface area (Å²) < 4.78 is 15.5. The predicted molar refractivity (Wildman–Crippen MR) is 98.7 cm³/mol. The van der Waals surface area contributed by atoms with E-state index >= 15 is 0 Å². The van der Waals surface area contributed by atoms with Crippen molar-refractivity contribution in [2.45, 2.75) is 0 Å². The zero-order valence-corrected chi connectivity index (χ0v) is 15.8. The Balaban J connectivity index is 2.26. The molecule has 0 spiro atoms. The third-order valence-corrected chi connectivity index (χ3v) is 3.77. The minimum atomic E-state index is -0.875. The molecule has 0 bridgehead atoms. The lowest BCUT2D eigenvalue weighted by Crippen LogP contribution is -2.18. The van der Waals surface area contributed by atoms with E-state index in [-0.39, 0.29) is 27.6 Å². The van der Waals surface area contributed by atoms with Gasteiger partial charge in [-0.25, -0.2) is 5.43 Å². The molecule has 2 aromatic rings. The van der Waals surface area contributed by atoms with Crippen LogP contribution in [-0.2, 0) is 0 Å². The van der Waals surface area contributed by atoms with Gasteiger partial charge in [0.15, 0.2) is 11.5 Å². The first kappa shape index (κ1) is 20.8. The number of rotatable bonds is 7. The van der Waals surface area contributed by atoms with Crippen LogP contribution >= 0.6 is 11.6 Å². The lowest BCUT2D eigenvalue weighted by atomic mass is 10.1. The topological polar surface area (TPSA) is 135 Å². The Morgan fingerprint density at radius 3 is 2.25 bits per heavy atom. The van der Waals surface area contributed by atoms with Crippen LogP contribution in [0.25, 0.3) is 0 Å². The van der Waals surface area contributed by atoms with E-state index in [4.69, 9.17) is 25.8 Å². The summed E-state index contributed by atoms with van der Waals surface area (Å²) in [6.45, 7) is 0. The summed E-state index contributed by atoms with van der Waals surface area (Å²) in [4.78, 5) is 22.3. The van der Waals surface area contributed by atoms with Crippen LogP contribution < -0.4 is 24.7 Å². The first-order valence-electron chi connectivity index (χ1n) is 7.60. The number of hydrazone groups is 1. The van der Waals surface area contributed by atoms with Crippen molar-refractivity contribution < 1.29 is 29.0 Å². The number of hydrogen-bond acceptors (Lipinski definition) is 8. The largest absolute Gasteiger partial charge is 0.867 e. The fourth-order valence-electron chi connectivity index (χ4n) is 2.27. The van der Waals surface area contributed by atoms with Crippen LogP contribution in [-0.4, -0.2) is 38.4 Å². The molecule has 0 aliphatic heterocycles. The first-order valence-corrected chi connectivity index (χ1v) is 7.98. The van der Waals surface area contributed by atoms with Gasteiger partial charge in [-0.3, -0.25) is 14.9 Å². The van der Waals surface area contributed by atoms with Crippen LogP contribution in [0.5, 0.6) is 23.0 Å². The van der Waals surface area contributed by atoms with E-state index in [0.29, 0.717) is 5.75 Å². The molecule has 0 radical (unpaired) electrons. The molecule has 0 saturated carbocycles. The summed E-state index contributed by atoms with van der Waals surface area (Å²) >= 11 is 5.77. The van der Waals surface area contributed by atoms with Crippen LogP contribution in [0.3, 0.4) is 0 Å². The molecule has 2 aromatic carbocycles. The number of ether oxygens (including phenoxy) is 3. The molecule has 0 aliphatic carbocycles. The Hall–Kier alpha value is -3.53. The minimum absolute atomic E-state index is 0.0105. The van der Waals surface area contributed by atoms with Crippen LogP contribution in [0.4, 0.5) is 5.69 Å². The molecule has 28 heavy (non-hydrogen) atoms. The van der Waals surface area contributed by atoms with Gasteiger partial charge in [0.25, 0.3) is 11.6 Å². The number of carbonyl (C=O) groups excluding carboxylic acids is 1. The molecule has 0 aliphatic rings. The van der Waals surface area contributed by atoms with Crippen LogP contribution in [0, 0.1) is 10.1 Å². The van der Waals surface area contributed by atoms with Gasteiger partial charge in [0, 0.05) is 16.7 Å². The van der Waals surface area contributed by atoms with Gasteiger partial charge in [0.05, 0.1) is 32.5 Å². The highest BCUT2D eigenvalue weighted by Crippen LogP contribution is 2.38. The minimum Gasteiger partial charge on any atom is -0.867 e. The quantitative estimate of drug-likeness (QED) is 0.421. The summed E-state index contributed by atoms with van der Waals surface area (Å²) in [5.41, 5.74) is 1.52. The number of nitro benzene ring substituents is 1. The fourth-order valence-corrected chi connectivity index (χ4v) is 2.49. The molecule has 148 valence electrons. The normalized spacial score (nSPS) is 10.6. The molecular formula is C17H15ClN3O7-. The molecule has 10 nitrogen and oxygen atoms in total. The van der Waals surface area contributed by atoms with Crippen LogP contribution in [0.2, 0.25) is 5.02 Å². The molecule has 0 unspecified atom stereocenters. The Bertz CT molecular complexity index is 922. The number of benzene rings is 2. The SMILES string of the molecule is COc1cc(C(=O)N/N=C\c2cc(Cl)cc([N+](=O)[O-])c2[O-])cc(OC)c1OC. The van der Waals surface area contributed by atoms with E-state index in [0.717, 1.165) is 12.3 Å². The summed E-state index contributed by atoms with van der Waals surface area (Å²) in [6, 6.07) is 4.96. The molecule has 1 amide bonds. The third kappa shape index (κ3) is 4.41. The number of nitrogens with one attached hydrogen (secondary N) is 1. The van der Waals surface area contributed by atoms with Crippen molar-refractivity contribution in [3.05, 3.63) is 50.5 Å². The Labute approximate surface area is 164 Å². The van der Waals surface area contributed by atoms with Gasteiger partial charge < -0.3 is 19.3 Å². The van der Waals surface area contributed by atoms with Gasteiger partial charge in [0.2, 0.25) is 5.75 Å². The Morgan fingerprint density at radius 1 is 1.14 bits per heavy atom. The smallest absolute Gasteiger partial charge is 0.271 e. The fraction of sp³-hybridized carbons (Fsp3) is 0.176. The van der Waals surface area contributed by atoms with Crippen LogP contribution in [0.15, 0.2) is 29.4 Å². The Morgan fingerprint density at radius 2 is 1.75 bits per heavy atom. The van der Waals surface area contributed by atoms with Gasteiger partial charge in [-0.2, -0.15) is 5.10 Å². The number of hydrogen-bond donors (Lipinski definition) is 1. The van der Waals surface area contributed by atoms with Crippen molar-refractivity contribution >= 4 is 29.4 Å². The standard InChI is InChI=1S/C17H16ClN3O7/c1-26-13-5-9(6-14(27-2)16(13)28-3)17(23)20-19-8-10-4-11(18)7-12(15(10)22)21(24)25/h4-8,22H,1-3H3,(H,20,23)/p-1/b19-8-. The summed E-state index contributed by atoms with van der Waals surface area (Å²) in [5, 5.41) is 26.5. The number of amides is 1. The van der Waals surface area contributed by atoms with E-state index in [9.17, 15) is 20.0 Å². The third-order valence-electron chi connectivity index (χ3n) is 3.56. The highest BCUT2D eigenvalue weighted by Gasteiger charge is 2.17. The van der Waals surface area contributed by atoms with Crippen molar-refractivity contribution in [1.82, 2.24) is 5.43 Å². The van der Waals surface area contributed by atoms with Crippen molar-refractivity contribution in [3.63, 3.8) is 0 Å². The molecule has 0 fully saturated rings. The maximum Gasteiger partial charge on any atom is 0.271 e. The number of nitro groups is 1. The second-order valence-electron chi connectivity index (χ2n) is 5.21. The zero-order valence-electron chi connectivity index (χ0n) is 15.0. The van der Waals surface area contributed by atoms with Gasteiger partial charge in [0.1, 0.15) is 0 Å². The molecule has 1 N–H and O–H groups in total. The van der Waals surface area contributed by atoms with Crippen molar-refractivity contribution in [2.75, 3.05) is 21.3 Å². The monoisotopic (exact) mass is 408 g/mol. The number of nitrogens with zero attached hydrogens (tertiary/aromatic N) is 2. The predicted octanol–water partition coefficient (Wildman–Crippen LogP) is 2.11. The van der Waals surface area contributed by atoms with E-state index in [1.54, 1.807) is 0 Å². The highest BCUT2D eigenvalue weighted by molar-refractivity contribution is 6.31. The van der Waals surface area contributed by atoms with Crippen molar-refractivity contribution in [1.29, 1.82) is 0 Å². The molecular weight excluding hydrogens is 394 g/mol. The maximum atomic E-state index is 12.3. The van der Waals surface area contributed by atoms with Gasteiger partial charge in [-0.05, 0) is 29.5 Å². The second kappa shape index (κ2) is 8.91. The number of halogens is 1. The molecule has 11 heteroatoms. The first-order chi connectivity index (χ1) is 13.3. The molecule has 0 aromatic heterocycles. The lowest BCUT2D eigenvalue weighted by Gasteiger charge is -2.13. The maximum absolute atomic E-state index is 12.3. The van der Waals surface area contributed by atoms with E-state index in [1.165, 1.54) is 39.5 Å². The van der Waals surface area contributed by atoms with Gasteiger partial charge >= 0.3 is 0 Å².